The third-order valence-electron chi connectivity index (χ3n) is 2.83. The van der Waals surface area contributed by atoms with E-state index in [0.717, 1.165) is 19.7 Å². The number of nitrogens with zero attached hydrogens (tertiary/aromatic N) is 1. The molecule has 1 heterocycles. The highest BCUT2D eigenvalue weighted by Crippen LogP contribution is 2.22. The maximum absolute atomic E-state index is 11.6. The van der Waals surface area contributed by atoms with Crippen LogP contribution in [0, 0.1) is 11.8 Å². The summed E-state index contributed by atoms with van der Waals surface area (Å²) in [5.74, 6) is 1.24. The third-order valence-corrected chi connectivity index (χ3v) is 2.83. The number of nitrogens with one attached hydrogen (secondary N) is 1. The molecule has 1 aliphatic rings. The van der Waals surface area contributed by atoms with E-state index in [2.05, 4.69) is 12.2 Å². The number of likely N-dealkylation sites (tertiary alicyclic amines) is 1. The summed E-state index contributed by atoms with van der Waals surface area (Å²) in [7, 11) is 3.51. The van der Waals surface area contributed by atoms with E-state index in [9.17, 15) is 4.79 Å². The quantitative estimate of drug-likeness (QED) is 0.691. The summed E-state index contributed by atoms with van der Waals surface area (Å²) in [6.07, 6.45) is 0. The fourth-order valence-electron chi connectivity index (χ4n) is 1.93. The van der Waals surface area contributed by atoms with Gasteiger partial charge in [-0.2, -0.15) is 0 Å². The highest BCUT2D eigenvalue weighted by molar-refractivity contribution is 5.78. The third kappa shape index (κ3) is 2.69. The molecule has 1 N–H and O–H groups in total. The van der Waals surface area contributed by atoms with Gasteiger partial charge in [0.2, 0.25) is 5.91 Å². The van der Waals surface area contributed by atoms with Crippen molar-refractivity contribution in [3.63, 3.8) is 0 Å². The first kappa shape index (κ1) is 11.5. The Kier molecular flexibility index (Phi) is 4.35. The Morgan fingerprint density at radius 1 is 1.57 bits per heavy atom. The summed E-state index contributed by atoms with van der Waals surface area (Å²) in [6.45, 7) is 5.08. The van der Waals surface area contributed by atoms with E-state index in [0.29, 0.717) is 18.4 Å². The van der Waals surface area contributed by atoms with Gasteiger partial charge in [-0.25, -0.2) is 0 Å². The topological polar surface area (TPSA) is 41.6 Å². The van der Waals surface area contributed by atoms with E-state index in [-0.39, 0.29) is 5.91 Å². The molecule has 1 aliphatic heterocycles. The highest BCUT2D eigenvalue weighted by atomic mass is 16.5. The van der Waals surface area contributed by atoms with Crippen molar-refractivity contribution in [1.29, 1.82) is 0 Å². The minimum absolute atomic E-state index is 0.193. The van der Waals surface area contributed by atoms with Crippen LogP contribution in [-0.2, 0) is 9.53 Å². The first-order valence-corrected chi connectivity index (χ1v) is 5.10. The lowest BCUT2D eigenvalue weighted by Crippen LogP contribution is -2.35. The number of carbonyl (C=O) groups excluding carboxylic acids is 1. The molecule has 4 heteroatoms. The van der Waals surface area contributed by atoms with Crippen LogP contribution in [0.25, 0.3) is 0 Å². The average Bonchev–Trinajstić information content (AvgIpc) is 2.49. The molecule has 0 radical (unpaired) electrons. The highest BCUT2D eigenvalue weighted by Gasteiger charge is 2.31. The maximum Gasteiger partial charge on any atom is 0.236 e. The van der Waals surface area contributed by atoms with E-state index < -0.39 is 0 Å². The molecular weight excluding hydrogens is 180 g/mol. The lowest BCUT2D eigenvalue weighted by Gasteiger charge is -2.15. The Balaban J connectivity index is 2.41. The molecule has 14 heavy (non-hydrogen) atoms. The van der Waals surface area contributed by atoms with Crippen LogP contribution in [0.3, 0.4) is 0 Å². The van der Waals surface area contributed by atoms with Gasteiger partial charge in [0.25, 0.3) is 0 Å². The number of likely N-dealkylation sites (N-methyl/N-ethyl adjacent to an activating group) is 1. The predicted octanol–water partition coefficient (Wildman–Crippen LogP) is -0.0533. The molecular formula is C10H20N2O2. The summed E-state index contributed by atoms with van der Waals surface area (Å²) < 4.78 is 5.13. The molecule has 0 aromatic heterocycles. The van der Waals surface area contributed by atoms with Gasteiger partial charge in [0.1, 0.15) is 0 Å². The molecule has 0 bridgehead atoms. The fourth-order valence-corrected chi connectivity index (χ4v) is 1.93. The normalized spacial score (nSPS) is 26.9. The van der Waals surface area contributed by atoms with Gasteiger partial charge < -0.3 is 15.0 Å². The van der Waals surface area contributed by atoms with Gasteiger partial charge in [-0.15, -0.1) is 0 Å². The lowest BCUT2D eigenvalue weighted by atomic mass is 10.00. The SMILES string of the molecule is CNCC(=O)N1CC(C)C(COC)C1. The predicted molar refractivity (Wildman–Crippen MR) is 55.0 cm³/mol. The number of hydrogen-bond donors (Lipinski definition) is 1. The number of hydrogen-bond acceptors (Lipinski definition) is 3. The molecule has 0 spiro atoms. The van der Waals surface area contributed by atoms with Crippen molar-refractivity contribution in [2.24, 2.45) is 11.8 Å². The van der Waals surface area contributed by atoms with Crippen molar-refractivity contribution in [1.82, 2.24) is 10.2 Å². The number of ether oxygens (including phenoxy) is 1. The van der Waals surface area contributed by atoms with Crippen molar-refractivity contribution >= 4 is 5.91 Å². The number of amides is 1. The second-order valence-corrected chi connectivity index (χ2v) is 4.02. The first-order chi connectivity index (χ1) is 6.69. The van der Waals surface area contributed by atoms with Crippen LogP contribution < -0.4 is 5.32 Å². The summed E-state index contributed by atoms with van der Waals surface area (Å²) in [5.41, 5.74) is 0. The second-order valence-electron chi connectivity index (χ2n) is 4.02. The summed E-state index contributed by atoms with van der Waals surface area (Å²) >= 11 is 0. The van der Waals surface area contributed by atoms with Gasteiger partial charge in [-0.3, -0.25) is 4.79 Å². The first-order valence-electron chi connectivity index (χ1n) is 5.10. The Morgan fingerprint density at radius 3 is 2.86 bits per heavy atom. The molecule has 0 aromatic carbocycles. The zero-order valence-electron chi connectivity index (χ0n) is 9.25. The second kappa shape index (κ2) is 5.32. The van der Waals surface area contributed by atoms with E-state index in [1.807, 2.05) is 4.90 Å². The minimum Gasteiger partial charge on any atom is -0.384 e. The Labute approximate surface area is 85.6 Å². The number of rotatable bonds is 4. The molecule has 2 unspecified atom stereocenters. The van der Waals surface area contributed by atoms with Gasteiger partial charge in [-0.05, 0) is 13.0 Å². The van der Waals surface area contributed by atoms with Crippen LogP contribution in [0.1, 0.15) is 6.92 Å². The largest absolute Gasteiger partial charge is 0.384 e. The van der Waals surface area contributed by atoms with Gasteiger partial charge in [0.15, 0.2) is 0 Å². The smallest absolute Gasteiger partial charge is 0.236 e. The van der Waals surface area contributed by atoms with E-state index in [1.54, 1.807) is 14.2 Å². The van der Waals surface area contributed by atoms with Gasteiger partial charge in [-0.1, -0.05) is 6.92 Å². The van der Waals surface area contributed by atoms with Crippen LogP contribution in [0.2, 0.25) is 0 Å². The summed E-state index contributed by atoms with van der Waals surface area (Å²) in [5, 5.41) is 2.88. The molecule has 2 atom stereocenters. The molecule has 1 rings (SSSR count). The number of carbonyl (C=O) groups is 1. The lowest BCUT2D eigenvalue weighted by molar-refractivity contribution is -0.129. The van der Waals surface area contributed by atoms with E-state index in [1.165, 1.54) is 0 Å². The van der Waals surface area contributed by atoms with Gasteiger partial charge >= 0.3 is 0 Å². The van der Waals surface area contributed by atoms with Crippen LogP contribution >= 0.6 is 0 Å². The monoisotopic (exact) mass is 200 g/mol. The summed E-state index contributed by atoms with van der Waals surface area (Å²) in [4.78, 5) is 13.5. The number of methoxy groups -OCH3 is 1. The van der Waals surface area contributed by atoms with Gasteiger partial charge in [0, 0.05) is 26.1 Å². The Morgan fingerprint density at radius 2 is 2.29 bits per heavy atom. The van der Waals surface area contributed by atoms with Crippen LogP contribution in [-0.4, -0.2) is 51.2 Å². The van der Waals surface area contributed by atoms with Crippen molar-refractivity contribution in [2.45, 2.75) is 6.92 Å². The van der Waals surface area contributed by atoms with Crippen molar-refractivity contribution in [3.05, 3.63) is 0 Å². The molecule has 1 fully saturated rings. The molecule has 4 nitrogen and oxygen atoms in total. The van der Waals surface area contributed by atoms with Crippen LogP contribution in [0.5, 0.6) is 0 Å². The van der Waals surface area contributed by atoms with E-state index in [4.69, 9.17) is 4.74 Å². The molecule has 0 aliphatic carbocycles. The zero-order chi connectivity index (χ0) is 10.6. The maximum atomic E-state index is 11.6. The Hall–Kier alpha value is -0.610. The molecule has 0 saturated carbocycles. The summed E-state index contributed by atoms with van der Waals surface area (Å²) in [6, 6.07) is 0. The van der Waals surface area contributed by atoms with Crippen molar-refractivity contribution in [2.75, 3.05) is 40.4 Å². The van der Waals surface area contributed by atoms with Crippen molar-refractivity contribution < 1.29 is 9.53 Å². The minimum atomic E-state index is 0.193. The molecule has 1 amide bonds. The Bertz CT molecular complexity index is 197. The van der Waals surface area contributed by atoms with Crippen molar-refractivity contribution in [3.8, 4) is 0 Å². The van der Waals surface area contributed by atoms with E-state index >= 15 is 0 Å². The molecule has 82 valence electrons. The molecule has 1 saturated heterocycles. The fraction of sp³-hybridized carbons (Fsp3) is 0.900. The van der Waals surface area contributed by atoms with Gasteiger partial charge in [0.05, 0.1) is 13.2 Å². The zero-order valence-corrected chi connectivity index (χ0v) is 9.25. The molecule has 0 aromatic rings. The van der Waals surface area contributed by atoms with Crippen LogP contribution in [0.15, 0.2) is 0 Å². The standard InChI is InChI=1S/C10H20N2O2/c1-8-5-12(10(13)4-11-2)6-9(8)7-14-3/h8-9,11H,4-7H2,1-3H3. The average molecular weight is 200 g/mol. The van der Waals surface area contributed by atoms with Crippen LogP contribution in [0.4, 0.5) is 0 Å².